The molecule has 0 spiro atoms. The second kappa shape index (κ2) is 14.5. The molecular weight excluding hydrogens is 376 g/mol. The van der Waals surface area contributed by atoms with Crippen molar-refractivity contribution in [1.29, 1.82) is 0 Å². The molecule has 0 aromatic heterocycles. The minimum absolute atomic E-state index is 0. The summed E-state index contributed by atoms with van der Waals surface area (Å²) in [6.07, 6.45) is -4.85. The third-order valence-corrected chi connectivity index (χ3v) is 1.95. The van der Waals surface area contributed by atoms with Gasteiger partial charge in [0, 0.05) is 0 Å². The van der Waals surface area contributed by atoms with Gasteiger partial charge in [0.15, 0.2) is 6.29 Å². The van der Waals surface area contributed by atoms with E-state index in [-0.39, 0.29) is 115 Å². The average Bonchev–Trinajstić information content (AvgIpc) is 2.18. The topological polar surface area (TPSA) is 194 Å². The number of aliphatic hydroxyl groups is 4. The monoisotopic (exact) mass is 389 g/mol. The Kier molecular flexibility index (Phi) is 22.5. The molecule has 0 radical (unpaired) electrons. The maximum absolute atomic E-state index is 9.20. The van der Waals surface area contributed by atoms with E-state index >= 15 is 0 Å². The Morgan fingerprint density at radius 1 is 1.15 bits per heavy atom. The molecule has 7 N–H and O–H groups in total. The summed E-state index contributed by atoms with van der Waals surface area (Å²) in [7, 11) is -4.92. The van der Waals surface area contributed by atoms with Crippen LogP contribution in [0.2, 0.25) is 0 Å². The third-order valence-electron chi connectivity index (χ3n) is 1.95. The van der Waals surface area contributed by atoms with E-state index in [1.54, 1.807) is 0 Å². The van der Waals surface area contributed by atoms with Gasteiger partial charge in [0.25, 0.3) is 0 Å². The van der Waals surface area contributed by atoms with Crippen molar-refractivity contribution in [1.82, 2.24) is 0 Å². The maximum Gasteiger partial charge on any atom is 1.00 e. The molecule has 0 aromatic rings. The van der Waals surface area contributed by atoms with Crippen LogP contribution in [0.15, 0.2) is 0 Å². The van der Waals surface area contributed by atoms with Crippen LogP contribution in [-0.4, -0.2) is 75.2 Å². The third kappa shape index (κ3) is 13.6. The average molecular weight is 390 g/mol. The normalized spacial score (nSPS) is 32.5. The van der Waals surface area contributed by atoms with Crippen LogP contribution in [0.1, 0.15) is 0 Å². The van der Waals surface area contributed by atoms with Crippen molar-refractivity contribution in [2.75, 3.05) is 6.61 Å². The molecule has 0 bridgehead atoms. The van der Waals surface area contributed by atoms with Gasteiger partial charge in [-0.15, -0.1) is 0 Å². The largest absolute Gasteiger partial charge is 1.00 e. The molecule has 0 amide bonds. The fourth-order valence-electron chi connectivity index (χ4n) is 1.12. The molecule has 0 aromatic carbocycles. The van der Waals surface area contributed by atoms with Crippen LogP contribution in [0.5, 0.6) is 0 Å². The summed E-state index contributed by atoms with van der Waals surface area (Å²) >= 11 is 0. The number of hydrogen-bond donors (Lipinski definition) is 6. The first kappa shape index (κ1) is 31.0. The Hall–Kier alpha value is 3.19. The Balaban J connectivity index is -0.000000141. The van der Waals surface area contributed by atoms with Crippen LogP contribution in [0.25, 0.3) is 0 Å². The van der Waals surface area contributed by atoms with Gasteiger partial charge < -0.3 is 47.9 Å². The van der Waals surface area contributed by atoms with E-state index < -0.39 is 47.6 Å². The zero-order valence-corrected chi connectivity index (χ0v) is 18.6. The predicted molar refractivity (Wildman–Crippen MR) is 50.3 cm³/mol. The number of rotatable bonds is 1. The summed E-state index contributed by atoms with van der Waals surface area (Å²) in [6, 6.07) is -1.04. The van der Waals surface area contributed by atoms with Gasteiger partial charge in [-0.3, -0.25) is 4.55 Å². The van der Waals surface area contributed by atoms with Crippen LogP contribution in [-0.2, 0) is 15.1 Å². The van der Waals surface area contributed by atoms with E-state index in [4.69, 9.17) is 38.2 Å². The summed E-state index contributed by atoms with van der Waals surface area (Å²) in [4.78, 5) is 0. The van der Waals surface area contributed by atoms with Gasteiger partial charge in [0.2, 0.25) is 10.4 Å². The van der Waals surface area contributed by atoms with Crippen molar-refractivity contribution in [2.45, 2.75) is 30.6 Å². The Labute approximate surface area is 207 Å². The maximum atomic E-state index is 9.20. The van der Waals surface area contributed by atoms with Gasteiger partial charge >= 0.3 is 103 Å². The van der Waals surface area contributed by atoms with E-state index in [9.17, 15) is 10.2 Å². The molecule has 1 rings (SSSR count). The molecule has 1 unspecified atom stereocenters. The van der Waals surface area contributed by atoms with Gasteiger partial charge in [-0.05, 0) is 0 Å². The van der Waals surface area contributed by atoms with Crippen molar-refractivity contribution < 1.29 is 158 Å². The second-order valence-corrected chi connectivity index (χ2v) is 4.09. The first-order valence-electron chi connectivity index (χ1n) is 4.32. The van der Waals surface area contributed by atoms with Gasteiger partial charge in [0.1, 0.15) is 18.3 Å². The minimum atomic E-state index is -4.92. The first-order valence-corrected chi connectivity index (χ1v) is 5.68. The van der Waals surface area contributed by atoms with Crippen molar-refractivity contribution in [3.05, 3.63) is 0 Å². The Bertz CT molecular complexity index is 322. The second-order valence-electron chi connectivity index (χ2n) is 3.23. The summed E-state index contributed by atoms with van der Waals surface area (Å²) in [5, 5.41) is 36.1. The summed E-state index contributed by atoms with van der Waals surface area (Å²) in [5.74, 6) is 0. The number of nitrogens with two attached hydrogens (primary N) is 1. The number of ether oxygens (including phenoxy) is 1. The molecule has 14 heteroatoms. The fraction of sp³-hybridized carbons (Fsp3) is 1.00. The van der Waals surface area contributed by atoms with Crippen molar-refractivity contribution in [3.8, 4) is 0 Å². The SMILES string of the molecule is N[C@H]1C(O)O[C@H](CO)[C@@H](O)[C@@H]1O.O=S(=O)([O-])O.[Cl-].[K+].[K+]. The van der Waals surface area contributed by atoms with Gasteiger partial charge in [0.05, 0.1) is 12.6 Å². The first-order chi connectivity index (χ1) is 7.57. The van der Waals surface area contributed by atoms with Crippen LogP contribution < -0.4 is 121 Å². The molecule has 112 valence electrons. The van der Waals surface area contributed by atoms with E-state index in [1.165, 1.54) is 0 Å². The molecular formula is C6H14ClK2NO9S. The van der Waals surface area contributed by atoms with Crippen molar-refractivity contribution >= 4 is 10.4 Å². The molecule has 20 heavy (non-hydrogen) atoms. The summed E-state index contributed by atoms with van der Waals surface area (Å²) in [5.41, 5.74) is 5.26. The zero-order valence-electron chi connectivity index (χ0n) is 10.8. The molecule has 1 aliphatic rings. The molecule has 0 saturated carbocycles. The number of halogens is 1. The van der Waals surface area contributed by atoms with Crippen LogP contribution >= 0.6 is 0 Å². The van der Waals surface area contributed by atoms with Gasteiger partial charge in [-0.25, -0.2) is 8.42 Å². The number of hydrogen-bond acceptors (Lipinski definition) is 9. The molecule has 1 heterocycles. The summed E-state index contributed by atoms with van der Waals surface area (Å²) < 4.78 is 37.5. The van der Waals surface area contributed by atoms with E-state index in [0.29, 0.717) is 0 Å². The number of aliphatic hydroxyl groups excluding tert-OH is 4. The van der Waals surface area contributed by atoms with E-state index in [2.05, 4.69) is 0 Å². The minimum Gasteiger partial charge on any atom is -1.00 e. The van der Waals surface area contributed by atoms with E-state index in [0.717, 1.165) is 0 Å². The van der Waals surface area contributed by atoms with Crippen molar-refractivity contribution in [2.24, 2.45) is 5.73 Å². The molecule has 0 aliphatic carbocycles. The van der Waals surface area contributed by atoms with Crippen LogP contribution in [0, 0.1) is 0 Å². The van der Waals surface area contributed by atoms with Gasteiger partial charge in [-0.1, -0.05) is 0 Å². The quantitative estimate of drug-likeness (QED) is 0.142. The van der Waals surface area contributed by atoms with Crippen molar-refractivity contribution in [3.63, 3.8) is 0 Å². The Morgan fingerprint density at radius 3 is 1.80 bits per heavy atom. The molecule has 10 nitrogen and oxygen atoms in total. The zero-order chi connectivity index (χ0) is 13.8. The Morgan fingerprint density at radius 2 is 1.50 bits per heavy atom. The fourth-order valence-corrected chi connectivity index (χ4v) is 1.12. The smallest absolute Gasteiger partial charge is 1.00 e. The van der Waals surface area contributed by atoms with Gasteiger partial charge in [-0.2, -0.15) is 0 Å². The van der Waals surface area contributed by atoms with E-state index in [1.807, 2.05) is 0 Å². The molecule has 5 atom stereocenters. The summed E-state index contributed by atoms with van der Waals surface area (Å²) in [6.45, 7) is -0.470. The van der Waals surface area contributed by atoms with Crippen LogP contribution in [0.3, 0.4) is 0 Å². The molecule has 1 saturated heterocycles. The standard InChI is InChI=1S/C6H13NO5.ClH.2K.H2O4S/c7-3-5(10)4(9)2(1-8)12-6(3)11;;;;1-5(2,3)4/h2-6,8-11H,1,7H2;1H;;;(H2,1,2,3,4)/q;;2*+1;/p-2/t2-,3-,4-,5-,6?;;;;/m1..../s1. The predicted octanol–water partition coefficient (Wildman–Crippen LogP) is -13.2. The van der Waals surface area contributed by atoms with Crippen LogP contribution in [0.4, 0.5) is 0 Å². The molecule has 1 fully saturated rings. The molecule has 1 aliphatic heterocycles.